The van der Waals surface area contributed by atoms with E-state index in [-0.39, 0.29) is 6.04 Å². The highest BCUT2D eigenvalue weighted by Crippen LogP contribution is 2.35. The maximum Gasteiger partial charge on any atom is 0.183 e. The molecule has 1 aromatic heterocycles. The predicted molar refractivity (Wildman–Crippen MR) is 88.9 cm³/mol. The Morgan fingerprint density at radius 1 is 1.15 bits per heavy atom. The third-order valence-electron chi connectivity index (χ3n) is 3.35. The number of anilines is 2. The van der Waals surface area contributed by atoms with Gasteiger partial charge in [0.1, 0.15) is 0 Å². The highest BCUT2D eigenvalue weighted by atomic mass is 32.1. The molecule has 5 heteroatoms. The van der Waals surface area contributed by atoms with Gasteiger partial charge in [0.25, 0.3) is 0 Å². The second-order valence-corrected chi connectivity index (χ2v) is 5.96. The Bertz CT molecular complexity index is 560. The van der Waals surface area contributed by atoms with E-state index in [4.69, 9.17) is 4.98 Å². The lowest BCUT2D eigenvalue weighted by atomic mass is 10.1. The van der Waals surface area contributed by atoms with Crippen LogP contribution in [0.15, 0.2) is 24.3 Å². The molecular weight excluding hydrogens is 268 g/mol. The van der Waals surface area contributed by atoms with E-state index in [1.54, 1.807) is 11.3 Å². The molecule has 0 saturated carbocycles. The summed E-state index contributed by atoms with van der Waals surface area (Å²) in [5, 5.41) is 7.38. The van der Waals surface area contributed by atoms with Crippen LogP contribution in [0.5, 0.6) is 0 Å². The number of benzene rings is 1. The number of nitrogens with zero attached hydrogens (tertiary/aromatic N) is 2. The number of hydrogen-bond donors (Lipinski definition) is 2. The van der Waals surface area contributed by atoms with E-state index in [1.807, 2.05) is 28.2 Å². The van der Waals surface area contributed by atoms with Crippen LogP contribution in [-0.2, 0) is 0 Å². The summed E-state index contributed by atoms with van der Waals surface area (Å²) in [6, 6.07) is 8.81. The van der Waals surface area contributed by atoms with E-state index in [9.17, 15) is 0 Å². The van der Waals surface area contributed by atoms with Crippen molar-refractivity contribution in [2.45, 2.75) is 13.0 Å². The van der Waals surface area contributed by atoms with Crippen molar-refractivity contribution < 1.29 is 0 Å². The average molecular weight is 290 g/mol. The first-order valence-corrected chi connectivity index (χ1v) is 7.52. The minimum atomic E-state index is 0.290. The molecule has 0 fully saturated rings. The molecule has 0 amide bonds. The maximum atomic E-state index is 4.70. The molecule has 2 aromatic rings. The topological polar surface area (TPSA) is 40.2 Å². The van der Waals surface area contributed by atoms with Gasteiger partial charge in [-0.25, -0.2) is 4.98 Å². The van der Waals surface area contributed by atoms with Gasteiger partial charge in [0.2, 0.25) is 0 Å². The zero-order valence-electron chi connectivity index (χ0n) is 12.7. The van der Waals surface area contributed by atoms with Crippen molar-refractivity contribution in [2.75, 3.05) is 38.4 Å². The van der Waals surface area contributed by atoms with Gasteiger partial charge in [0, 0.05) is 38.4 Å². The van der Waals surface area contributed by atoms with Gasteiger partial charge in [-0.05, 0) is 26.1 Å². The Hall–Kier alpha value is -1.59. The molecule has 0 aliphatic carbocycles. The zero-order valence-corrected chi connectivity index (χ0v) is 13.5. The molecule has 0 aliphatic heterocycles. The van der Waals surface area contributed by atoms with E-state index in [0.717, 1.165) is 16.4 Å². The Morgan fingerprint density at radius 3 is 2.30 bits per heavy atom. The zero-order chi connectivity index (χ0) is 14.7. The normalized spacial score (nSPS) is 12.2. The molecule has 2 rings (SSSR count). The Kier molecular flexibility index (Phi) is 4.62. The highest BCUT2D eigenvalue weighted by Gasteiger charge is 2.17. The molecule has 2 N–H and O–H groups in total. The molecule has 0 spiro atoms. The van der Waals surface area contributed by atoms with Gasteiger partial charge in [-0.3, -0.25) is 0 Å². The first-order chi connectivity index (χ1) is 9.56. The largest absolute Gasteiger partial charge is 0.378 e. The maximum absolute atomic E-state index is 4.70. The van der Waals surface area contributed by atoms with Crippen LogP contribution in [0.2, 0.25) is 0 Å². The third kappa shape index (κ3) is 2.94. The number of thiazole rings is 1. The van der Waals surface area contributed by atoms with Crippen LogP contribution < -0.4 is 15.5 Å². The minimum absolute atomic E-state index is 0.290. The van der Waals surface area contributed by atoms with Crippen LogP contribution in [0.3, 0.4) is 0 Å². The van der Waals surface area contributed by atoms with Crippen LogP contribution in [0.1, 0.15) is 17.8 Å². The van der Waals surface area contributed by atoms with Crippen molar-refractivity contribution in [3.63, 3.8) is 0 Å². The molecule has 108 valence electrons. The molecule has 0 radical (unpaired) electrons. The standard InChI is InChI=1S/C15H22N4S/c1-10(16-2)14-13(18-15(17-3)20-14)11-6-8-12(9-7-11)19(4)5/h6-10,16H,1-5H3,(H,17,18). The lowest BCUT2D eigenvalue weighted by molar-refractivity contribution is 0.664. The fraction of sp³-hybridized carbons (Fsp3) is 0.400. The molecule has 0 aliphatic rings. The summed E-state index contributed by atoms with van der Waals surface area (Å²) >= 11 is 1.70. The molecule has 0 saturated heterocycles. The Balaban J connectivity index is 2.42. The Morgan fingerprint density at radius 2 is 1.80 bits per heavy atom. The summed E-state index contributed by atoms with van der Waals surface area (Å²) in [4.78, 5) is 8.05. The van der Waals surface area contributed by atoms with E-state index in [0.29, 0.717) is 0 Å². The molecule has 1 heterocycles. The molecule has 1 unspecified atom stereocenters. The van der Waals surface area contributed by atoms with E-state index >= 15 is 0 Å². The van der Waals surface area contributed by atoms with Crippen LogP contribution in [0.25, 0.3) is 11.3 Å². The molecule has 20 heavy (non-hydrogen) atoms. The van der Waals surface area contributed by atoms with Crippen LogP contribution in [-0.4, -0.2) is 33.2 Å². The number of nitrogens with one attached hydrogen (secondary N) is 2. The smallest absolute Gasteiger partial charge is 0.183 e. The van der Waals surface area contributed by atoms with Crippen molar-refractivity contribution in [1.29, 1.82) is 0 Å². The summed E-state index contributed by atoms with van der Waals surface area (Å²) < 4.78 is 0. The van der Waals surface area contributed by atoms with Gasteiger partial charge >= 0.3 is 0 Å². The first-order valence-electron chi connectivity index (χ1n) is 6.70. The van der Waals surface area contributed by atoms with Gasteiger partial charge in [-0.2, -0.15) is 0 Å². The first kappa shape index (κ1) is 14.8. The summed E-state index contributed by atoms with van der Waals surface area (Å²) in [5.41, 5.74) is 3.41. The van der Waals surface area contributed by atoms with Crippen molar-refractivity contribution in [1.82, 2.24) is 10.3 Å². The average Bonchev–Trinajstić information content (AvgIpc) is 2.90. The van der Waals surface area contributed by atoms with Gasteiger partial charge < -0.3 is 15.5 Å². The SMILES string of the molecule is CNc1nc(-c2ccc(N(C)C)cc2)c(C(C)NC)s1. The van der Waals surface area contributed by atoms with Gasteiger partial charge in [0.15, 0.2) is 5.13 Å². The number of rotatable bonds is 5. The fourth-order valence-corrected chi connectivity index (χ4v) is 2.99. The molecule has 0 bridgehead atoms. The fourth-order valence-electron chi connectivity index (χ4n) is 1.99. The van der Waals surface area contributed by atoms with Gasteiger partial charge in [-0.1, -0.05) is 23.5 Å². The van der Waals surface area contributed by atoms with Crippen molar-refractivity contribution in [2.24, 2.45) is 0 Å². The molecule has 1 atom stereocenters. The van der Waals surface area contributed by atoms with Gasteiger partial charge in [0.05, 0.1) is 10.6 Å². The predicted octanol–water partition coefficient (Wildman–Crippen LogP) is 3.20. The number of hydrogen-bond acceptors (Lipinski definition) is 5. The van der Waals surface area contributed by atoms with Crippen LogP contribution >= 0.6 is 11.3 Å². The van der Waals surface area contributed by atoms with Gasteiger partial charge in [-0.15, -0.1) is 0 Å². The lowest BCUT2D eigenvalue weighted by Gasteiger charge is -2.13. The van der Waals surface area contributed by atoms with E-state index in [1.165, 1.54) is 10.6 Å². The third-order valence-corrected chi connectivity index (χ3v) is 4.61. The summed E-state index contributed by atoms with van der Waals surface area (Å²) in [6.45, 7) is 2.16. The van der Waals surface area contributed by atoms with Crippen molar-refractivity contribution in [3.05, 3.63) is 29.1 Å². The Labute approximate surface area is 124 Å². The quantitative estimate of drug-likeness (QED) is 0.887. The summed E-state index contributed by atoms with van der Waals surface area (Å²) in [6.07, 6.45) is 0. The second kappa shape index (κ2) is 6.24. The summed E-state index contributed by atoms with van der Waals surface area (Å²) in [5.74, 6) is 0. The van der Waals surface area contributed by atoms with Crippen LogP contribution in [0, 0.1) is 0 Å². The van der Waals surface area contributed by atoms with E-state index in [2.05, 4.69) is 46.7 Å². The monoisotopic (exact) mass is 290 g/mol. The van der Waals surface area contributed by atoms with Crippen LogP contribution in [0.4, 0.5) is 10.8 Å². The van der Waals surface area contributed by atoms with E-state index < -0.39 is 0 Å². The second-order valence-electron chi connectivity index (χ2n) is 4.93. The number of aromatic nitrogens is 1. The highest BCUT2D eigenvalue weighted by molar-refractivity contribution is 7.16. The summed E-state index contributed by atoms with van der Waals surface area (Å²) in [7, 11) is 7.98. The molecule has 1 aromatic carbocycles. The van der Waals surface area contributed by atoms with Crippen molar-refractivity contribution >= 4 is 22.2 Å². The molecule has 4 nitrogen and oxygen atoms in total. The van der Waals surface area contributed by atoms with Crippen molar-refractivity contribution in [3.8, 4) is 11.3 Å². The molecular formula is C15H22N4S. The minimum Gasteiger partial charge on any atom is -0.378 e. The lowest BCUT2D eigenvalue weighted by Crippen LogP contribution is -2.11.